The normalized spacial score (nSPS) is 10.4. The van der Waals surface area contributed by atoms with Gasteiger partial charge in [0.2, 0.25) is 0 Å². The lowest BCUT2D eigenvalue weighted by Gasteiger charge is -2.19. The number of benzene rings is 2. The first-order valence-electron chi connectivity index (χ1n) is 9.62. The second-order valence-electron chi connectivity index (χ2n) is 6.22. The predicted molar refractivity (Wildman–Crippen MR) is 108 cm³/mol. The number of ether oxygens (including phenoxy) is 3. The molecule has 2 amide bonds. The highest BCUT2D eigenvalue weighted by Gasteiger charge is 2.23. The summed E-state index contributed by atoms with van der Waals surface area (Å²) in [5.74, 6) is 1.07. The monoisotopic (exact) mass is 388 g/mol. The van der Waals surface area contributed by atoms with Crippen molar-refractivity contribution in [1.29, 1.82) is 0 Å². The van der Waals surface area contributed by atoms with Gasteiger partial charge in [0, 0.05) is 29.4 Å². The van der Waals surface area contributed by atoms with Crippen LogP contribution in [-0.2, 0) is 0 Å². The van der Waals surface area contributed by atoms with Gasteiger partial charge in [-0.3, -0.25) is 0 Å². The van der Waals surface area contributed by atoms with Crippen LogP contribution in [0.4, 0.5) is 9.59 Å². The van der Waals surface area contributed by atoms with E-state index in [1.807, 2.05) is 39.0 Å². The van der Waals surface area contributed by atoms with E-state index >= 15 is 0 Å². The highest BCUT2D eigenvalue weighted by molar-refractivity contribution is 5.99. The summed E-state index contributed by atoms with van der Waals surface area (Å²) in [6.45, 7) is 8.94. The van der Waals surface area contributed by atoms with Crippen molar-refractivity contribution in [3.05, 3.63) is 29.8 Å². The molecule has 0 unspecified atom stereocenters. The molecule has 0 spiro atoms. The standard InChI is InChI=1S/C21H28N2O5/c1-5-12-22-20(24)27-17-14(4)18(26-7-3)19(28-21(25)23-13-6-2)16-11-9-8-10-15(16)17/h8-11H,5-7,12-13H2,1-4H3,(H,22,24)(H,23,25). The van der Waals surface area contributed by atoms with Crippen LogP contribution in [0.15, 0.2) is 24.3 Å². The number of hydrogen-bond donors (Lipinski definition) is 2. The number of carbonyl (C=O) groups excluding carboxylic acids is 2. The molecule has 0 atom stereocenters. The number of rotatable bonds is 8. The predicted octanol–water partition coefficient (Wildman–Crippen LogP) is 4.54. The van der Waals surface area contributed by atoms with Crippen LogP contribution in [0.3, 0.4) is 0 Å². The number of hydrogen-bond acceptors (Lipinski definition) is 5. The van der Waals surface area contributed by atoms with Crippen molar-refractivity contribution in [2.45, 2.75) is 40.5 Å². The molecule has 0 heterocycles. The third kappa shape index (κ3) is 5.06. The summed E-state index contributed by atoms with van der Waals surface area (Å²) in [7, 11) is 0. The second-order valence-corrected chi connectivity index (χ2v) is 6.22. The maximum Gasteiger partial charge on any atom is 0.412 e. The van der Waals surface area contributed by atoms with Gasteiger partial charge in [-0.05, 0) is 26.7 Å². The van der Waals surface area contributed by atoms with Gasteiger partial charge in [0.15, 0.2) is 11.5 Å². The highest BCUT2D eigenvalue weighted by atomic mass is 16.6. The van der Waals surface area contributed by atoms with E-state index in [2.05, 4.69) is 10.6 Å². The third-order valence-corrected chi connectivity index (χ3v) is 4.02. The van der Waals surface area contributed by atoms with E-state index in [0.29, 0.717) is 53.3 Å². The summed E-state index contributed by atoms with van der Waals surface area (Å²) in [6, 6.07) is 7.28. The van der Waals surface area contributed by atoms with E-state index in [1.54, 1.807) is 13.0 Å². The lowest BCUT2D eigenvalue weighted by molar-refractivity contribution is 0.196. The van der Waals surface area contributed by atoms with Gasteiger partial charge in [0.05, 0.1) is 6.61 Å². The van der Waals surface area contributed by atoms with Crippen molar-refractivity contribution in [2.75, 3.05) is 19.7 Å². The first-order valence-corrected chi connectivity index (χ1v) is 9.62. The highest BCUT2D eigenvalue weighted by Crippen LogP contribution is 2.45. The minimum atomic E-state index is -0.554. The zero-order chi connectivity index (χ0) is 20.5. The Morgan fingerprint density at radius 2 is 1.32 bits per heavy atom. The third-order valence-electron chi connectivity index (χ3n) is 4.02. The fourth-order valence-corrected chi connectivity index (χ4v) is 2.74. The Labute approximate surface area is 165 Å². The van der Waals surface area contributed by atoms with Crippen LogP contribution in [0, 0.1) is 6.92 Å². The molecule has 0 radical (unpaired) electrons. The van der Waals surface area contributed by atoms with Gasteiger partial charge >= 0.3 is 12.2 Å². The minimum absolute atomic E-state index is 0.310. The lowest BCUT2D eigenvalue weighted by Crippen LogP contribution is -2.28. The maximum atomic E-state index is 12.2. The van der Waals surface area contributed by atoms with E-state index in [-0.39, 0.29) is 0 Å². The van der Waals surface area contributed by atoms with Gasteiger partial charge in [-0.15, -0.1) is 0 Å². The SMILES string of the molecule is CCCNC(=O)Oc1c(C)c(OCC)c(OC(=O)NCCC)c2ccccc12. The fraction of sp³-hybridized carbons (Fsp3) is 0.429. The molecule has 0 saturated carbocycles. The van der Waals surface area contributed by atoms with E-state index in [4.69, 9.17) is 14.2 Å². The first kappa shape index (κ1) is 21.3. The van der Waals surface area contributed by atoms with E-state index in [9.17, 15) is 9.59 Å². The molecule has 2 N–H and O–H groups in total. The van der Waals surface area contributed by atoms with Gasteiger partial charge in [-0.2, -0.15) is 0 Å². The molecule has 0 aliphatic carbocycles. The molecule has 28 heavy (non-hydrogen) atoms. The quantitative estimate of drug-likeness (QED) is 0.693. The second kappa shape index (κ2) is 10.4. The van der Waals surface area contributed by atoms with Crippen molar-refractivity contribution < 1.29 is 23.8 Å². The van der Waals surface area contributed by atoms with Crippen LogP contribution in [0.2, 0.25) is 0 Å². The maximum absolute atomic E-state index is 12.2. The Kier molecular flexibility index (Phi) is 7.92. The van der Waals surface area contributed by atoms with Crippen molar-refractivity contribution in [3.63, 3.8) is 0 Å². The Morgan fingerprint density at radius 1 is 0.821 bits per heavy atom. The summed E-state index contributed by atoms with van der Waals surface area (Å²) in [4.78, 5) is 24.3. The smallest absolute Gasteiger partial charge is 0.412 e. The molecule has 0 saturated heterocycles. The molecule has 0 bridgehead atoms. The Morgan fingerprint density at radius 3 is 1.82 bits per heavy atom. The lowest BCUT2D eigenvalue weighted by atomic mass is 10.0. The van der Waals surface area contributed by atoms with Crippen LogP contribution >= 0.6 is 0 Å². The molecule has 152 valence electrons. The van der Waals surface area contributed by atoms with E-state index < -0.39 is 12.2 Å². The van der Waals surface area contributed by atoms with E-state index in [1.165, 1.54) is 0 Å². The van der Waals surface area contributed by atoms with Crippen LogP contribution in [-0.4, -0.2) is 31.9 Å². The van der Waals surface area contributed by atoms with Crippen molar-refractivity contribution in [2.24, 2.45) is 0 Å². The Hall–Kier alpha value is -2.96. The molecule has 0 aromatic heterocycles. The van der Waals surface area contributed by atoms with Gasteiger partial charge in [0.25, 0.3) is 0 Å². The van der Waals surface area contributed by atoms with Crippen molar-refractivity contribution in [3.8, 4) is 17.2 Å². The summed E-state index contributed by atoms with van der Waals surface area (Å²) >= 11 is 0. The van der Waals surface area contributed by atoms with Gasteiger partial charge in [-0.25, -0.2) is 9.59 Å². The molecule has 2 rings (SSSR count). The molecule has 2 aromatic rings. The first-order chi connectivity index (χ1) is 13.5. The molecular formula is C21H28N2O5. The number of fused-ring (bicyclic) bond motifs is 1. The number of amides is 2. The fourth-order valence-electron chi connectivity index (χ4n) is 2.74. The van der Waals surface area contributed by atoms with Crippen molar-refractivity contribution in [1.82, 2.24) is 10.6 Å². The zero-order valence-corrected chi connectivity index (χ0v) is 16.9. The molecule has 0 aliphatic rings. The minimum Gasteiger partial charge on any atom is -0.490 e. The van der Waals surface area contributed by atoms with Crippen LogP contribution < -0.4 is 24.8 Å². The largest absolute Gasteiger partial charge is 0.490 e. The van der Waals surface area contributed by atoms with Gasteiger partial charge in [0.1, 0.15) is 5.75 Å². The topological polar surface area (TPSA) is 85.9 Å². The van der Waals surface area contributed by atoms with Crippen molar-refractivity contribution >= 4 is 23.0 Å². The van der Waals surface area contributed by atoms with Gasteiger partial charge < -0.3 is 24.8 Å². The van der Waals surface area contributed by atoms with Crippen LogP contribution in [0.1, 0.15) is 39.2 Å². The van der Waals surface area contributed by atoms with E-state index in [0.717, 1.165) is 12.8 Å². The average molecular weight is 388 g/mol. The molecule has 7 nitrogen and oxygen atoms in total. The van der Waals surface area contributed by atoms with Crippen LogP contribution in [0.5, 0.6) is 17.2 Å². The number of carbonyl (C=O) groups is 2. The van der Waals surface area contributed by atoms with Crippen LogP contribution in [0.25, 0.3) is 10.8 Å². The molecule has 0 fully saturated rings. The molecule has 0 aliphatic heterocycles. The zero-order valence-electron chi connectivity index (χ0n) is 16.9. The summed E-state index contributed by atoms with van der Waals surface area (Å²) in [6.07, 6.45) is 0.513. The van der Waals surface area contributed by atoms with Gasteiger partial charge in [-0.1, -0.05) is 38.1 Å². The molecule has 7 heteroatoms. The summed E-state index contributed by atoms with van der Waals surface area (Å²) in [5, 5.41) is 6.68. The summed E-state index contributed by atoms with van der Waals surface area (Å²) in [5.41, 5.74) is 0.588. The Bertz CT molecular complexity index is 835. The molecular weight excluding hydrogens is 360 g/mol. The summed E-state index contributed by atoms with van der Waals surface area (Å²) < 4.78 is 16.9. The average Bonchev–Trinajstić information content (AvgIpc) is 2.70. The Balaban J connectivity index is 2.54. The molecule has 2 aromatic carbocycles. The number of nitrogens with one attached hydrogen (secondary N) is 2.